The van der Waals surface area contributed by atoms with E-state index in [1.54, 1.807) is 6.07 Å². The Morgan fingerprint density at radius 3 is 3.00 bits per heavy atom. The number of aromatic nitrogens is 1. The number of carbonyl (C=O) groups excluding carboxylic acids is 1. The Morgan fingerprint density at radius 1 is 1.62 bits per heavy atom. The number of nitrogens with zero attached hydrogens (tertiary/aromatic N) is 2. The summed E-state index contributed by atoms with van der Waals surface area (Å²) in [6.45, 7) is 5.00. The molecule has 1 fully saturated rings. The SMILES string of the molecule is C[C@H]1CNCCN1c1ccc(C(N)=O)cn1. The van der Waals surface area contributed by atoms with Crippen molar-refractivity contribution in [3.8, 4) is 0 Å². The predicted octanol–water partition coefficient (Wildman–Crippen LogP) is -0.0214. The molecule has 1 atom stereocenters. The first kappa shape index (κ1) is 10.9. The second-order valence-corrected chi connectivity index (χ2v) is 4.02. The Kier molecular flexibility index (Phi) is 3.05. The molecule has 0 saturated carbocycles. The largest absolute Gasteiger partial charge is 0.366 e. The summed E-state index contributed by atoms with van der Waals surface area (Å²) in [6, 6.07) is 3.99. The van der Waals surface area contributed by atoms with E-state index >= 15 is 0 Å². The molecule has 0 radical (unpaired) electrons. The fourth-order valence-corrected chi connectivity index (χ4v) is 1.88. The van der Waals surface area contributed by atoms with Crippen LogP contribution in [0.2, 0.25) is 0 Å². The highest BCUT2D eigenvalue weighted by Gasteiger charge is 2.19. The number of pyridine rings is 1. The van der Waals surface area contributed by atoms with Gasteiger partial charge < -0.3 is 16.0 Å². The van der Waals surface area contributed by atoms with Crippen LogP contribution >= 0.6 is 0 Å². The summed E-state index contributed by atoms with van der Waals surface area (Å²) in [6.07, 6.45) is 1.53. The maximum absolute atomic E-state index is 10.9. The molecule has 3 N–H and O–H groups in total. The van der Waals surface area contributed by atoms with Crippen LogP contribution in [-0.2, 0) is 0 Å². The number of nitrogens with two attached hydrogens (primary N) is 1. The van der Waals surface area contributed by atoms with Gasteiger partial charge in [-0.25, -0.2) is 4.98 Å². The first-order chi connectivity index (χ1) is 7.68. The molecule has 5 nitrogen and oxygen atoms in total. The maximum atomic E-state index is 10.9. The van der Waals surface area contributed by atoms with Gasteiger partial charge in [0.15, 0.2) is 0 Å². The molecule has 1 aliphatic rings. The molecule has 1 saturated heterocycles. The van der Waals surface area contributed by atoms with Crippen LogP contribution in [0.1, 0.15) is 17.3 Å². The smallest absolute Gasteiger partial charge is 0.250 e. The normalized spacial score (nSPS) is 20.8. The van der Waals surface area contributed by atoms with Gasteiger partial charge in [-0.15, -0.1) is 0 Å². The summed E-state index contributed by atoms with van der Waals surface area (Å²) < 4.78 is 0. The highest BCUT2D eigenvalue weighted by Crippen LogP contribution is 2.15. The topological polar surface area (TPSA) is 71.2 Å². The third kappa shape index (κ3) is 2.14. The Balaban J connectivity index is 2.17. The van der Waals surface area contributed by atoms with Crippen LogP contribution in [0.3, 0.4) is 0 Å². The van der Waals surface area contributed by atoms with Crippen molar-refractivity contribution in [1.82, 2.24) is 10.3 Å². The van der Waals surface area contributed by atoms with Crippen molar-refractivity contribution in [2.45, 2.75) is 13.0 Å². The van der Waals surface area contributed by atoms with Crippen LogP contribution in [0.5, 0.6) is 0 Å². The maximum Gasteiger partial charge on any atom is 0.250 e. The molecule has 2 rings (SSSR count). The van der Waals surface area contributed by atoms with E-state index in [1.807, 2.05) is 6.07 Å². The molecule has 0 bridgehead atoms. The third-order valence-electron chi connectivity index (χ3n) is 2.83. The molecule has 2 heterocycles. The number of hydrogen-bond donors (Lipinski definition) is 2. The Bertz CT molecular complexity index is 376. The lowest BCUT2D eigenvalue weighted by Crippen LogP contribution is -2.50. The minimum Gasteiger partial charge on any atom is -0.366 e. The lowest BCUT2D eigenvalue weighted by atomic mass is 10.2. The van der Waals surface area contributed by atoms with Crippen molar-refractivity contribution >= 4 is 11.7 Å². The minimum absolute atomic E-state index is 0.417. The van der Waals surface area contributed by atoms with Gasteiger partial charge in [-0.2, -0.15) is 0 Å². The summed E-state index contributed by atoms with van der Waals surface area (Å²) in [5, 5.41) is 3.32. The van der Waals surface area contributed by atoms with Crippen molar-refractivity contribution in [1.29, 1.82) is 0 Å². The second-order valence-electron chi connectivity index (χ2n) is 4.02. The van der Waals surface area contributed by atoms with Crippen LogP contribution in [0, 0.1) is 0 Å². The van der Waals surface area contributed by atoms with Gasteiger partial charge in [-0.05, 0) is 19.1 Å². The highest BCUT2D eigenvalue weighted by atomic mass is 16.1. The highest BCUT2D eigenvalue weighted by molar-refractivity contribution is 5.92. The van der Waals surface area contributed by atoms with E-state index in [-0.39, 0.29) is 0 Å². The average molecular weight is 220 g/mol. The molecule has 0 aromatic carbocycles. The lowest BCUT2D eigenvalue weighted by Gasteiger charge is -2.34. The molecule has 0 spiro atoms. The van der Waals surface area contributed by atoms with E-state index in [1.165, 1.54) is 6.20 Å². The first-order valence-electron chi connectivity index (χ1n) is 5.41. The number of amides is 1. The quantitative estimate of drug-likeness (QED) is 0.734. The van der Waals surface area contributed by atoms with E-state index < -0.39 is 5.91 Å². The van der Waals surface area contributed by atoms with Gasteiger partial charge in [0, 0.05) is 31.9 Å². The summed E-state index contributed by atoms with van der Waals surface area (Å²) in [7, 11) is 0. The van der Waals surface area contributed by atoms with E-state index in [9.17, 15) is 4.79 Å². The first-order valence-corrected chi connectivity index (χ1v) is 5.41. The van der Waals surface area contributed by atoms with Crippen LogP contribution in [0.25, 0.3) is 0 Å². The minimum atomic E-state index is -0.438. The van der Waals surface area contributed by atoms with Gasteiger partial charge in [0.1, 0.15) is 5.82 Å². The Labute approximate surface area is 94.6 Å². The molecule has 0 aliphatic carbocycles. The van der Waals surface area contributed by atoms with Gasteiger partial charge >= 0.3 is 0 Å². The van der Waals surface area contributed by atoms with E-state index in [0.29, 0.717) is 11.6 Å². The summed E-state index contributed by atoms with van der Waals surface area (Å²) in [5.74, 6) is 0.464. The Hall–Kier alpha value is -1.62. The summed E-state index contributed by atoms with van der Waals surface area (Å²) in [5.41, 5.74) is 5.62. The zero-order chi connectivity index (χ0) is 11.5. The summed E-state index contributed by atoms with van der Waals surface area (Å²) in [4.78, 5) is 17.4. The molecule has 1 aromatic heterocycles. The molecular weight excluding hydrogens is 204 g/mol. The van der Waals surface area contributed by atoms with E-state index in [2.05, 4.69) is 22.1 Å². The third-order valence-corrected chi connectivity index (χ3v) is 2.83. The lowest BCUT2D eigenvalue weighted by molar-refractivity contribution is 0.1000. The summed E-state index contributed by atoms with van der Waals surface area (Å²) >= 11 is 0. The van der Waals surface area contributed by atoms with Crippen LogP contribution < -0.4 is 16.0 Å². The van der Waals surface area contributed by atoms with Crippen molar-refractivity contribution in [3.63, 3.8) is 0 Å². The van der Waals surface area contributed by atoms with E-state index in [4.69, 9.17) is 5.73 Å². The van der Waals surface area contributed by atoms with Gasteiger partial charge in [0.05, 0.1) is 5.56 Å². The number of nitrogens with one attached hydrogen (secondary N) is 1. The van der Waals surface area contributed by atoms with E-state index in [0.717, 1.165) is 25.5 Å². The zero-order valence-corrected chi connectivity index (χ0v) is 9.31. The van der Waals surface area contributed by atoms with Gasteiger partial charge in [0.2, 0.25) is 5.91 Å². The fraction of sp³-hybridized carbons (Fsp3) is 0.455. The van der Waals surface area contributed by atoms with Crippen molar-refractivity contribution in [3.05, 3.63) is 23.9 Å². The number of carbonyl (C=O) groups is 1. The van der Waals surface area contributed by atoms with Gasteiger partial charge in [-0.3, -0.25) is 4.79 Å². The molecule has 5 heteroatoms. The standard InChI is InChI=1S/C11H16N4O/c1-8-6-13-4-5-15(8)10-3-2-9(7-14-10)11(12)16/h2-3,7-8,13H,4-6H2,1H3,(H2,12,16)/t8-/m0/s1. The molecule has 1 aliphatic heterocycles. The molecule has 1 aromatic rings. The molecule has 1 amide bonds. The van der Waals surface area contributed by atoms with Crippen molar-refractivity contribution in [2.75, 3.05) is 24.5 Å². The molecule has 86 valence electrons. The predicted molar refractivity (Wildman–Crippen MR) is 62.4 cm³/mol. The van der Waals surface area contributed by atoms with Crippen molar-refractivity contribution in [2.24, 2.45) is 5.73 Å². The number of anilines is 1. The van der Waals surface area contributed by atoms with Gasteiger partial charge in [0.25, 0.3) is 0 Å². The van der Waals surface area contributed by atoms with Gasteiger partial charge in [-0.1, -0.05) is 0 Å². The van der Waals surface area contributed by atoms with Crippen LogP contribution in [-0.4, -0.2) is 36.6 Å². The number of primary amides is 1. The second kappa shape index (κ2) is 4.49. The number of rotatable bonds is 2. The average Bonchev–Trinajstić information content (AvgIpc) is 2.30. The number of piperazine rings is 1. The van der Waals surface area contributed by atoms with Crippen LogP contribution in [0.15, 0.2) is 18.3 Å². The van der Waals surface area contributed by atoms with Crippen LogP contribution in [0.4, 0.5) is 5.82 Å². The molecule has 16 heavy (non-hydrogen) atoms. The monoisotopic (exact) mass is 220 g/mol. The molecule has 0 unspecified atom stereocenters. The Morgan fingerprint density at radius 2 is 2.44 bits per heavy atom. The molecular formula is C11H16N4O. The number of hydrogen-bond acceptors (Lipinski definition) is 4. The fourth-order valence-electron chi connectivity index (χ4n) is 1.88. The zero-order valence-electron chi connectivity index (χ0n) is 9.31. The van der Waals surface area contributed by atoms with Crippen molar-refractivity contribution < 1.29 is 4.79 Å².